The monoisotopic (exact) mass is 239 g/mol. The van der Waals surface area contributed by atoms with Gasteiger partial charge in [0, 0.05) is 10.9 Å². The van der Waals surface area contributed by atoms with Crippen LogP contribution in [0.2, 0.25) is 0 Å². The summed E-state index contributed by atoms with van der Waals surface area (Å²) in [6.07, 6.45) is 0. The molecule has 1 unspecified atom stereocenters. The summed E-state index contributed by atoms with van der Waals surface area (Å²) in [5.41, 5.74) is 0.322. The van der Waals surface area contributed by atoms with Crippen LogP contribution in [0.1, 0.15) is 17.8 Å². The van der Waals surface area contributed by atoms with Gasteiger partial charge in [-0.25, -0.2) is 8.78 Å². The first-order valence-electron chi connectivity index (χ1n) is 4.92. The van der Waals surface area contributed by atoms with Crippen LogP contribution < -0.4 is 5.32 Å². The second-order valence-corrected chi connectivity index (χ2v) is 4.48. The van der Waals surface area contributed by atoms with Gasteiger partial charge < -0.3 is 5.32 Å². The second-order valence-electron chi connectivity index (χ2n) is 3.51. The molecule has 0 fully saturated rings. The highest BCUT2D eigenvalue weighted by molar-refractivity contribution is 7.10. The molecule has 1 N–H and O–H groups in total. The Kier molecular flexibility index (Phi) is 3.19. The molecule has 0 spiro atoms. The molecule has 1 aromatic heterocycles. The van der Waals surface area contributed by atoms with Crippen molar-refractivity contribution in [2.45, 2.75) is 13.0 Å². The highest BCUT2D eigenvalue weighted by Gasteiger charge is 2.09. The van der Waals surface area contributed by atoms with Crippen LogP contribution >= 0.6 is 11.3 Å². The normalized spacial score (nSPS) is 12.4. The van der Waals surface area contributed by atoms with Crippen LogP contribution in [0.4, 0.5) is 14.5 Å². The van der Waals surface area contributed by atoms with Gasteiger partial charge in [0.15, 0.2) is 0 Å². The zero-order valence-corrected chi connectivity index (χ0v) is 9.52. The zero-order chi connectivity index (χ0) is 11.5. The summed E-state index contributed by atoms with van der Waals surface area (Å²) < 4.78 is 26.0. The second kappa shape index (κ2) is 4.61. The molecule has 0 radical (unpaired) electrons. The maximum Gasteiger partial charge on any atom is 0.149 e. The van der Waals surface area contributed by atoms with E-state index in [0.29, 0.717) is 5.69 Å². The van der Waals surface area contributed by atoms with Crippen molar-refractivity contribution in [2.75, 3.05) is 5.32 Å². The van der Waals surface area contributed by atoms with E-state index in [1.165, 1.54) is 12.1 Å². The van der Waals surface area contributed by atoms with E-state index >= 15 is 0 Å². The van der Waals surface area contributed by atoms with Crippen molar-refractivity contribution in [3.8, 4) is 0 Å². The van der Waals surface area contributed by atoms with Crippen LogP contribution in [-0.4, -0.2) is 0 Å². The lowest BCUT2D eigenvalue weighted by Gasteiger charge is -2.14. The van der Waals surface area contributed by atoms with Crippen molar-refractivity contribution in [1.29, 1.82) is 0 Å². The van der Waals surface area contributed by atoms with Crippen molar-refractivity contribution in [3.05, 3.63) is 52.2 Å². The molecule has 0 aliphatic heterocycles. The van der Waals surface area contributed by atoms with E-state index in [-0.39, 0.29) is 6.04 Å². The predicted octanol–water partition coefficient (Wildman–Crippen LogP) is 4.20. The average Bonchev–Trinajstić information content (AvgIpc) is 2.75. The Morgan fingerprint density at radius 1 is 1.25 bits per heavy atom. The van der Waals surface area contributed by atoms with Crippen molar-refractivity contribution in [1.82, 2.24) is 0 Å². The smallest absolute Gasteiger partial charge is 0.149 e. The van der Waals surface area contributed by atoms with Gasteiger partial charge in [-0.2, -0.15) is 0 Å². The molecule has 1 nitrogen and oxygen atoms in total. The predicted molar refractivity (Wildman–Crippen MR) is 62.7 cm³/mol. The number of hydrogen-bond acceptors (Lipinski definition) is 2. The van der Waals surface area contributed by atoms with Gasteiger partial charge in [0.25, 0.3) is 0 Å². The highest BCUT2D eigenvalue weighted by Crippen LogP contribution is 2.24. The van der Waals surface area contributed by atoms with Crippen LogP contribution in [0.3, 0.4) is 0 Å². The van der Waals surface area contributed by atoms with Crippen LogP contribution in [0.5, 0.6) is 0 Å². The van der Waals surface area contributed by atoms with Crippen molar-refractivity contribution < 1.29 is 8.78 Å². The summed E-state index contributed by atoms with van der Waals surface area (Å²) in [7, 11) is 0. The molecule has 2 rings (SSSR count). The maximum absolute atomic E-state index is 13.4. The number of nitrogens with one attached hydrogen (secondary N) is 1. The first-order valence-corrected chi connectivity index (χ1v) is 5.80. The Hall–Kier alpha value is -1.42. The molecule has 0 aliphatic carbocycles. The first-order chi connectivity index (χ1) is 7.66. The van der Waals surface area contributed by atoms with Crippen LogP contribution in [0.15, 0.2) is 35.7 Å². The van der Waals surface area contributed by atoms with Gasteiger partial charge in [-0.05, 0) is 30.5 Å². The Morgan fingerprint density at radius 3 is 2.69 bits per heavy atom. The maximum atomic E-state index is 13.4. The molecule has 1 atom stereocenters. The summed E-state index contributed by atoms with van der Waals surface area (Å²) in [5, 5.41) is 4.98. The van der Waals surface area contributed by atoms with E-state index in [4.69, 9.17) is 0 Å². The molecule has 4 heteroatoms. The third-order valence-corrected chi connectivity index (χ3v) is 3.33. The van der Waals surface area contributed by atoms with Gasteiger partial charge in [0.1, 0.15) is 11.6 Å². The lowest BCUT2D eigenvalue weighted by atomic mass is 10.2. The van der Waals surface area contributed by atoms with Crippen LogP contribution in [-0.2, 0) is 0 Å². The number of anilines is 1. The number of hydrogen-bond donors (Lipinski definition) is 1. The van der Waals surface area contributed by atoms with Crippen LogP contribution in [0, 0.1) is 11.6 Å². The Labute approximate surface area is 96.7 Å². The lowest BCUT2D eigenvalue weighted by molar-refractivity contribution is 0.584. The number of halogens is 2. The summed E-state index contributed by atoms with van der Waals surface area (Å²) in [5.74, 6) is -1.13. The third kappa shape index (κ3) is 2.39. The van der Waals surface area contributed by atoms with E-state index in [0.717, 1.165) is 10.9 Å². The standard InChI is InChI=1S/C12H11F2NS/c1-8(12-3-2-6-16-12)15-11-5-4-9(13)7-10(11)14/h2-8,15H,1H3. The quantitative estimate of drug-likeness (QED) is 0.846. The largest absolute Gasteiger partial charge is 0.375 e. The lowest BCUT2D eigenvalue weighted by Crippen LogP contribution is -2.06. The van der Waals surface area contributed by atoms with Crippen LogP contribution in [0.25, 0.3) is 0 Å². The molecule has 0 aliphatic rings. The minimum atomic E-state index is -0.566. The molecular weight excluding hydrogens is 228 g/mol. The Balaban J connectivity index is 2.15. The minimum absolute atomic E-state index is 0.0139. The molecule has 2 aromatic rings. The van der Waals surface area contributed by atoms with Crippen molar-refractivity contribution in [3.63, 3.8) is 0 Å². The summed E-state index contributed by atoms with van der Waals surface area (Å²) in [6.45, 7) is 1.94. The molecule has 0 amide bonds. The highest BCUT2D eigenvalue weighted by atomic mass is 32.1. The van der Waals surface area contributed by atoms with E-state index in [9.17, 15) is 8.78 Å². The molecule has 1 aromatic carbocycles. The van der Waals surface area contributed by atoms with Gasteiger partial charge in [-0.1, -0.05) is 6.07 Å². The van der Waals surface area contributed by atoms with Crippen molar-refractivity contribution in [2.24, 2.45) is 0 Å². The SMILES string of the molecule is CC(Nc1ccc(F)cc1F)c1cccs1. The molecule has 0 saturated carbocycles. The molecule has 0 saturated heterocycles. The van der Waals surface area contributed by atoms with E-state index in [2.05, 4.69) is 5.32 Å². The molecule has 1 heterocycles. The fourth-order valence-corrected chi connectivity index (χ4v) is 2.18. The van der Waals surface area contributed by atoms with Gasteiger partial charge in [-0.3, -0.25) is 0 Å². The Morgan fingerprint density at radius 2 is 2.06 bits per heavy atom. The van der Waals surface area contributed by atoms with Gasteiger partial charge in [0.05, 0.1) is 11.7 Å². The Bertz CT molecular complexity index is 468. The summed E-state index contributed by atoms with van der Waals surface area (Å²) >= 11 is 1.60. The molecule has 0 bridgehead atoms. The third-order valence-electron chi connectivity index (χ3n) is 2.27. The summed E-state index contributed by atoms with van der Waals surface area (Å²) in [6, 6.07) is 7.47. The number of rotatable bonds is 3. The summed E-state index contributed by atoms with van der Waals surface area (Å²) in [4.78, 5) is 1.11. The molecule has 84 valence electrons. The topological polar surface area (TPSA) is 12.0 Å². The fourth-order valence-electron chi connectivity index (χ4n) is 1.45. The number of benzene rings is 1. The van der Waals surface area contributed by atoms with Gasteiger partial charge in [-0.15, -0.1) is 11.3 Å². The molecule has 16 heavy (non-hydrogen) atoms. The zero-order valence-electron chi connectivity index (χ0n) is 8.71. The number of thiophene rings is 1. The van der Waals surface area contributed by atoms with E-state index < -0.39 is 11.6 Å². The average molecular weight is 239 g/mol. The fraction of sp³-hybridized carbons (Fsp3) is 0.167. The van der Waals surface area contributed by atoms with E-state index in [1.807, 2.05) is 24.4 Å². The van der Waals surface area contributed by atoms with Gasteiger partial charge >= 0.3 is 0 Å². The van der Waals surface area contributed by atoms with Crippen molar-refractivity contribution >= 4 is 17.0 Å². The van der Waals surface area contributed by atoms with E-state index in [1.54, 1.807) is 11.3 Å². The molecular formula is C12H11F2NS. The van der Waals surface area contributed by atoms with Gasteiger partial charge in [0.2, 0.25) is 0 Å². The minimum Gasteiger partial charge on any atom is -0.375 e. The first kappa shape index (κ1) is 11.1.